The van der Waals surface area contributed by atoms with Crippen molar-refractivity contribution in [2.75, 3.05) is 12.4 Å². The Morgan fingerprint density at radius 1 is 1.25 bits per heavy atom. The van der Waals surface area contributed by atoms with E-state index in [4.69, 9.17) is 4.74 Å². The van der Waals surface area contributed by atoms with Crippen LogP contribution in [-0.4, -0.2) is 32.8 Å². The molecule has 0 radical (unpaired) electrons. The van der Waals surface area contributed by atoms with Crippen molar-refractivity contribution in [1.29, 1.82) is 0 Å². The third-order valence-corrected chi connectivity index (χ3v) is 5.22. The number of carbonyl (C=O) groups excluding carboxylic acids is 1. The van der Waals surface area contributed by atoms with Crippen molar-refractivity contribution in [2.24, 2.45) is 0 Å². The van der Waals surface area contributed by atoms with Crippen molar-refractivity contribution in [3.8, 4) is 5.75 Å². The number of anilines is 1. The fourth-order valence-electron chi connectivity index (χ4n) is 3.81. The maximum absolute atomic E-state index is 12.4. The molecular formula is C21H19N5O2. The Morgan fingerprint density at radius 3 is 3.04 bits per heavy atom. The SMILES string of the molecule is COc1ccccc1Cn1ncc2c1NC(=O)CC2c1cc2cc[nH]c2cn1. The molecule has 28 heavy (non-hydrogen) atoms. The van der Waals surface area contributed by atoms with E-state index in [1.165, 1.54) is 0 Å². The van der Waals surface area contributed by atoms with Gasteiger partial charge in [0.05, 0.1) is 31.6 Å². The van der Waals surface area contributed by atoms with Crippen LogP contribution in [0.2, 0.25) is 0 Å². The van der Waals surface area contributed by atoms with E-state index in [0.29, 0.717) is 13.0 Å². The highest BCUT2D eigenvalue weighted by Gasteiger charge is 2.31. The van der Waals surface area contributed by atoms with Gasteiger partial charge in [0.2, 0.25) is 5.91 Å². The number of para-hydroxylation sites is 1. The van der Waals surface area contributed by atoms with Crippen LogP contribution in [0.4, 0.5) is 5.82 Å². The van der Waals surface area contributed by atoms with Crippen molar-refractivity contribution in [2.45, 2.75) is 18.9 Å². The fourth-order valence-corrected chi connectivity index (χ4v) is 3.81. The molecule has 140 valence electrons. The van der Waals surface area contributed by atoms with Gasteiger partial charge in [-0.15, -0.1) is 0 Å². The second-order valence-corrected chi connectivity index (χ2v) is 6.90. The van der Waals surface area contributed by atoms with E-state index in [-0.39, 0.29) is 11.8 Å². The fraction of sp³-hybridized carbons (Fsp3) is 0.190. The summed E-state index contributed by atoms with van der Waals surface area (Å²) >= 11 is 0. The van der Waals surface area contributed by atoms with Crippen molar-refractivity contribution in [3.63, 3.8) is 0 Å². The van der Waals surface area contributed by atoms with Crippen molar-refractivity contribution in [1.82, 2.24) is 19.7 Å². The number of nitrogens with zero attached hydrogens (tertiary/aromatic N) is 3. The summed E-state index contributed by atoms with van der Waals surface area (Å²) in [5.41, 5.74) is 3.84. The average Bonchev–Trinajstić information content (AvgIpc) is 3.34. The van der Waals surface area contributed by atoms with E-state index >= 15 is 0 Å². The van der Waals surface area contributed by atoms with Gasteiger partial charge >= 0.3 is 0 Å². The number of ether oxygens (including phenoxy) is 1. The van der Waals surface area contributed by atoms with Crippen molar-refractivity contribution < 1.29 is 9.53 Å². The highest BCUT2D eigenvalue weighted by Crippen LogP contribution is 2.37. The molecule has 7 heteroatoms. The highest BCUT2D eigenvalue weighted by molar-refractivity contribution is 5.94. The molecule has 0 spiro atoms. The number of aromatic amines is 1. The monoisotopic (exact) mass is 373 g/mol. The largest absolute Gasteiger partial charge is 0.496 e. The average molecular weight is 373 g/mol. The quantitative estimate of drug-likeness (QED) is 0.575. The number of aromatic nitrogens is 4. The molecule has 0 saturated carbocycles. The zero-order chi connectivity index (χ0) is 19.1. The lowest BCUT2D eigenvalue weighted by Crippen LogP contribution is -2.25. The first-order valence-corrected chi connectivity index (χ1v) is 9.13. The predicted molar refractivity (Wildman–Crippen MR) is 106 cm³/mol. The molecule has 1 aliphatic heterocycles. The molecule has 7 nitrogen and oxygen atoms in total. The van der Waals surface area contributed by atoms with Gasteiger partial charge in [-0.2, -0.15) is 5.10 Å². The lowest BCUT2D eigenvalue weighted by atomic mass is 9.90. The van der Waals surface area contributed by atoms with Crippen LogP contribution in [0.15, 0.2) is 55.0 Å². The Hall–Kier alpha value is -3.61. The maximum Gasteiger partial charge on any atom is 0.226 e. The Morgan fingerprint density at radius 2 is 2.14 bits per heavy atom. The summed E-state index contributed by atoms with van der Waals surface area (Å²) in [6, 6.07) is 11.9. The first-order chi connectivity index (χ1) is 13.7. The summed E-state index contributed by atoms with van der Waals surface area (Å²) in [5, 5.41) is 8.61. The third-order valence-electron chi connectivity index (χ3n) is 5.22. The molecule has 3 aromatic heterocycles. The minimum atomic E-state index is -0.116. The van der Waals surface area contributed by atoms with Crippen LogP contribution in [0.25, 0.3) is 10.9 Å². The molecule has 1 aromatic carbocycles. The molecule has 1 amide bonds. The molecule has 5 rings (SSSR count). The minimum Gasteiger partial charge on any atom is -0.496 e. The molecule has 1 aliphatic rings. The van der Waals surface area contributed by atoms with Gasteiger partial charge < -0.3 is 15.0 Å². The second-order valence-electron chi connectivity index (χ2n) is 6.90. The summed E-state index contributed by atoms with van der Waals surface area (Å²) < 4.78 is 7.25. The number of benzene rings is 1. The maximum atomic E-state index is 12.4. The Balaban J connectivity index is 1.54. The topological polar surface area (TPSA) is 84.8 Å². The number of rotatable bonds is 4. The molecule has 0 aliphatic carbocycles. The molecule has 0 fully saturated rings. The molecule has 4 heterocycles. The van der Waals surface area contributed by atoms with Gasteiger partial charge in [0, 0.05) is 40.7 Å². The zero-order valence-corrected chi connectivity index (χ0v) is 15.3. The number of hydrogen-bond donors (Lipinski definition) is 2. The number of hydrogen-bond acceptors (Lipinski definition) is 4. The summed E-state index contributed by atoms with van der Waals surface area (Å²) in [7, 11) is 1.65. The number of methoxy groups -OCH3 is 1. The van der Waals surface area contributed by atoms with E-state index in [0.717, 1.165) is 39.3 Å². The molecule has 0 saturated heterocycles. The predicted octanol–water partition coefficient (Wildman–Crippen LogP) is 3.29. The second kappa shape index (κ2) is 6.53. The minimum absolute atomic E-state index is 0.0322. The first-order valence-electron chi connectivity index (χ1n) is 9.13. The molecule has 4 aromatic rings. The van der Waals surface area contributed by atoms with Gasteiger partial charge in [-0.05, 0) is 18.2 Å². The van der Waals surface area contributed by atoms with Crippen molar-refractivity contribution >= 4 is 22.6 Å². The smallest absolute Gasteiger partial charge is 0.226 e. The first kappa shape index (κ1) is 16.6. The van der Waals surface area contributed by atoms with Crippen LogP contribution < -0.4 is 10.1 Å². The van der Waals surface area contributed by atoms with Crippen molar-refractivity contribution in [3.05, 3.63) is 71.8 Å². The molecular weight excluding hydrogens is 354 g/mol. The van der Waals surface area contributed by atoms with E-state index in [2.05, 4.69) is 20.4 Å². The third kappa shape index (κ3) is 2.72. The summed E-state index contributed by atoms with van der Waals surface area (Å²) in [6.07, 6.45) is 5.89. The van der Waals surface area contributed by atoms with Crippen LogP contribution in [0.1, 0.15) is 29.2 Å². The van der Waals surface area contributed by atoms with Crippen LogP contribution in [0.5, 0.6) is 5.75 Å². The number of nitrogens with one attached hydrogen (secondary N) is 2. The van der Waals surface area contributed by atoms with E-state index < -0.39 is 0 Å². The zero-order valence-electron chi connectivity index (χ0n) is 15.3. The van der Waals surface area contributed by atoms with Gasteiger partial charge in [-0.1, -0.05) is 18.2 Å². The van der Waals surface area contributed by atoms with Crippen LogP contribution in [0.3, 0.4) is 0 Å². The standard InChI is InChI=1S/C21H19N5O2/c1-28-19-5-3-2-4-14(19)12-26-21-16(10-24-26)15(9-20(27)25-21)17-8-13-6-7-22-18(13)11-23-17/h2-8,10-11,15,22H,9,12H2,1H3,(H,25,27). The Bertz CT molecular complexity index is 1180. The van der Waals surface area contributed by atoms with Gasteiger partial charge in [0.15, 0.2) is 0 Å². The Kier molecular flexibility index (Phi) is 3.86. The number of fused-ring (bicyclic) bond motifs is 2. The number of pyridine rings is 1. The van der Waals surface area contributed by atoms with Gasteiger partial charge in [-0.25, -0.2) is 4.68 Å². The summed E-state index contributed by atoms with van der Waals surface area (Å²) in [6.45, 7) is 0.511. The molecule has 0 bridgehead atoms. The van der Waals surface area contributed by atoms with Gasteiger partial charge in [0.25, 0.3) is 0 Å². The molecule has 1 atom stereocenters. The van der Waals surface area contributed by atoms with Crippen LogP contribution in [0, 0.1) is 0 Å². The van der Waals surface area contributed by atoms with Gasteiger partial charge in [-0.3, -0.25) is 9.78 Å². The number of H-pyrrole nitrogens is 1. The number of amides is 1. The lowest BCUT2D eigenvalue weighted by molar-refractivity contribution is -0.116. The highest BCUT2D eigenvalue weighted by atomic mass is 16.5. The normalized spacial score (nSPS) is 16.0. The summed E-state index contributed by atoms with van der Waals surface area (Å²) in [5.74, 6) is 1.37. The summed E-state index contributed by atoms with van der Waals surface area (Å²) in [4.78, 5) is 20.2. The lowest BCUT2D eigenvalue weighted by Gasteiger charge is -2.23. The van der Waals surface area contributed by atoms with E-state index in [1.54, 1.807) is 7.11 Å². The number of carbonyl (C=O) groups is 1. The van der Waals surface area contributed by atoms with Crippen LogP contribution >= 0.6 is 0 Å². The Labute approximate surface area is 161 Å². The van der Waals surface area contributed by atoms with E-state index in [9.17, 15) is 4.79 Å². The van der Waals surface area contributed by atoms with Crippen LogP contribution in [-0.2, 0) is 11.3 Å². The van der Waals surface area contributed by atoms with Gasteiger partial charge in [0.1, 0.15) is 11.6 Å². The van der Waals surface area contributed by atoms with E-state index in [1.807, 2.05) is 59.7 Å². The molecule has 2 N–H and O–H groups in total. The molecule has 1 unspecified atom stereocenters.